The highest BCUT2D eigenvalue weighted by Gasteiger charge is 2.24. The van der Waals surface area contributed by atoms with Gasteiger partial charge in [-0.25, -0.2) is 9.67 Å². The molecule has 3 heterocycles. The second-order valence-corrected chi connectivity index (χ2v) is 7.66. The average molecular weight is 395 g/mol. The van der Waals surface area contributed by atoms with Crippen molar-refractivity contribution in [3.8, 4) is 5.69 Å². The molecule has 3 aromatic rings. The van der Waals surface area contributed by atoms with Gasteiger partial charge in [-0.3, -0.25) is 14.5 Å². The van der Waals surface area contributed by atoms with E-state index in [1.54, 1.807) is 27.7 Å². The Kier molecular flexibility index (Phi) is 5.21. The van der Waals surface area contributed by atoms with Gasteiger partial charge in [0.15, 0.2) is 5.13 Å². The van der Waals surface area contributed by atoms with Crippen molar-refractivity contribution in [2.75, 3.05) is 18.5 Å². The molecule has 1 saturated heterocycles. The molecule has 0 unspecified atom stereocenters. The molecule has 2 aromatic heterocycles. The lowest BCUT2D eigenvalue weighted by Crippen LogP contribution is -2.28. The number of aromatic nitrogens is 3. The van der Waals surface area contributed by atoms with E-state index in [4.69, 9.17) is 0 Å². The predicted octanol–water partition coefficient (Wildman–Crippen LogP) is 2.66. The molecule has 1 fully saturated rings. The maximum atomic E-state index is 12.6. The zero-order valence-electron chi connectivity index (χ0n) is 15.6. The van der Waals surface area contributed by atoms with Crippen molar-refractivity contribution >= 4 is 28.3 Å². The molecular formula is C20H21N5O2S. The summed E-state index contributed by atoms with van der Waals surface area (Å²) in [6.45, 7) is 1.19. The highest BCUT2D eigenvalue weighted by atomic mass is 32.1. The number of rotatable bonds is 6. The number of benzene rings is 1. The molecule has 28 heavy (non-hydrogen) atoms. The summed E-state index contributed by atoms with van der Waals surface area (Å²) in [5.41, 5.74) is 2.65. The summed E-state index contributed by atoms with van der Waals surface area (Å²) in [5.74, 6) is 0.0943. The van der Waals surface area contributed by atoms with Crippen molar-refractivity contribution in [1.82, 2.24) is 19.7 Å². The van der Waals surface area contributed by atoms with E-state index >= 15 is 0 Å². The van der Waals surface area contributed by atoms with Crippen molar-refractivity contribution in [2.45, 2.75) is 25.8 Å². The maximum absolute atomic E-state index is 12.6. The monoisotopic (exact) mass is 395 g/mol. The topological polar surface area (TPSA) is 71.3 Å². The number of nitrogens with zero attached hydrogens (tertiary/aromatic N) is 5. The molecule has 1 aliphatic rings. The van der Waals surface area contributed by atoms with Crippen LogP contribution in [0.2, 0.25) is 0 Å². The van der Waals surface area contributed by atoms with Crippen molar-refractivity contribution in [2.24, 2.45) is 0 Å². The molecule has 0 aliphatic carbocycles. The van der Waals surface area contributed by atoms with Gasteiger partial charge in [0, 0.05) is 43.7 Å². The fourth-order valence-electron chi connectivity index (χ4n) is 3.17. The Bertz CT molecular complexity index is 981. The van der Waals surface area contributed by atoms with Crippen LogP contribution in [0.3, 0.4) is 0 Å². The number of carbonyl (C=O) groups is 2. The van der Waals surface area contributed by atoms with Crippen LogP contribution < -0.4 is 4.90 Å². The number of para-hydroxylation sites is 1. The van der Waals surface area contributed by atoms with Crippen LogP contribution in [0.15, 0.2) is 48.1 Å². The summed E-state index contributed by atoms with van der Waals surface area (Å²) in [6, 6.07) is 9.85. The molecule has 2 amide bonds. The fraction of sp³-hybridized carbons (Fsp3) is 0.300. The van der Waals surface area contributed by atoms with Crippen LogP contribution in [0.5, 0.6) is 0 Å². The number of anilines is 1. The first-order valence-corrected chi connectivity index (χ1v) is 10.1. The summed E-state index contributed by atoms with van der Waals surface area (Å²) in [5, 5.41) is 6.92. The van der Waals surface area contributed by atoms with Gasteiger partial charge in [-0.2, -0.15) is 5.10 Å². The van der Waals surface area contributed by atoms with E-state index in [2.05, 4.69) is 10.1 Å². The summed E-state index contributed by atoms with van der Waals surface area (Å²) >= 11 is 1.42. The molecule has 0 spiro atoms. The molecule has 0 N–H and O–H groups in total. The second kappa shape index (κ2) is 7.93. The molecule has 0 radical (unpaired) electrons. The number of amides is 2. The van der Waals surface area contributed by atoms with Gasteiger partial charge in [0.1, 0.15) is 0 Å². The third kappa shape index (κ3) is 3.96. The van der Waals surface area contributed by atoms with Gasteiger partial charge >= 0.3 is 0 Å². The van der Waals surface area contributed by atoms with Crippen molar-refractivity contribution in [3.63, 3.8) is 0 Å². The zero-order chi connectivity index (χ0) is 19.5. The highest BCUT2D eigenvalue weighted by Crippen LogP contribution is 2.25. The maximum Gasteiger partial charge on any atom is 0.228 e. The Morgan fingerprint density at radius 3 is 2.86 bits per heavy atom. The molecule has 7 nitrogen and oxygen atoms in total. The first kappa shape index (κ1) is 18.4. The lowest BCUT2D eigenvalue weighted by molar-refractivity contribution is -0.129. The highest BCUT2D eigenvalue weighted by molar-refractivity contribution is 7.14. The van der Waals surface area contributed by atoms with E-state index in [0.717, 1.165) is 17.7 Å². The number of hydrogen-bond acceptors (Lipinski definition) is 5. The van der Waals surface area contributed by atoms with E-state index in [9.17, 15) is 9.59 Å². The third-order valence-electron chi connectivity index (χ3n) is 4.68. The molecule has 144 valence electrons. The number of carbonyl (C=O) groups excluding carboxylic acids is 2. The number of thiazole rings is 1. The Labute approximate surface area is 167 Å². The standard InChI is InChI=1S/C20H21N5O2S/c1-23(12-15-11-21-25(13-15)17-6-3-2-4-7-17)19(27)10-16-14-28-20(22-16)24-9-5-8-18(24)26/h2-4,6-7,11,13-14H,5,8-10,12H2,1H3. The Morgan fingerprint density at radius 2 is 2.11 bits per heavy atom. The Balaban J connectivity index is 1.36. The van der Waals surface area contributed by atoms with Gasteiger partial charge in [-0.1, -0.05) is 18.2 Å². The molecule has 8 heteroatoms. The quantitative estimate of drug-likeness (QED) is 0.643. The van der Waals surface area contributed by atoms with Gasteiger partial charge in [-0.15, -0.1) is 11.3 Å². The SMILES string of the molecule is CN(Cc1cnn(-c2ccccc2)c1)C(=O)Cc1csc(N2CCCC2=O)n1. The van der Waals surface area contributed by atoms with E-state index in [0.29, 0.717) is 30.3 Å². The smallest absolute Gasteiger partial charge is 0.228 e. The number of likely N-dealkylation sites (N-methyl/N-ethyl adjacent to an activating group) is 1. The van der Waals surface area contributed by atoms with Gasteiger partial charge in [0.2, 0.25) is 11.8 Å². The largest absolute Gasteiger partial charge is 0.341 e. The minimum absolute atomic E-state index is 0.0166. The zero-order valence-corrected chi connectivity index (χ0v) is 16.4. The first-order chi connectivity index (χ1) is 13.6. The molecule has 0 saturated carbocycles. The minimum atomic E-state index is -0.0166. The van der Waals surface area contributed by atoms with Crippen molar-refractivity contribution < 1.29 is 9.59 Å². The summed E-state index contributed by atoms with van der Waals surface area (Å²) in [7, 11) is 1.78. The van der Waals surface area contributed by atoms with Gasteiger partial charge in [-0.05, 0) is 18.6 Å². The number of hydrogen-bond donors (Lipinski definition) is 0. The molecule has 1 aromatic carbocycles. The minimum Gasteiger partial charge on any atom is -0.341 e. The van der Waals surface area contributed by atoms with Crippen LogP contribution in [0.1, 0.15) is 24.1 Å². The van der Waals surface area contributed by atoms with Crippen LogP contribution in [-0.4, -0.2) is 45.1 Å². The van der Waals surface area contributed by atoms with Gasteiger partial charge in [0.05, 0.1) is 24.0 Å². The van der Waals surface area contributed by atoms with Crippen LogP contribution in [0.25, 0.3) is 5.69 Å². The van der Waals surface area contributed by atoms with Gasteiger partial charge < -0.3 is 4.90 Å². The Hall–Kier alpha value is -3.00. The van der Waals surface area contributed by atoms with Crippen molar-refractivity contribution in [1.29, 1.82) is 0 Å². The molecule has 4 rings (SSSR count). The molecule has 1 aliphatic heterocycles. The lowest BCUT2D eigenvalue weighted by atomic mass is 10.2. The lowest BCUT2D eigenvalue weighted by Gasteiger charge is -2.15. The second-order valence-electron chi connectivity index (χ2n) is 6.83. The van der Waals surface area contributed by atoms with E-state index < -0.39 is 0 Å². The summed E-state index contributed by atoms with van der Waals surface area (Å²) in [6.07, 6.45) is 5.37. The van der Waals surface area contributed by atoms with E-state index in [1.165, 1.54) is 11.3 Å². The summed E-state index contributed by atoms with van der Waals surface area (Å²) in [4.78, 5) is 32.3. The van der Waals surface area contributed by atoms with Crippen LogP contribution in [0.4, 0.5) is 5.13 Å². The summed E-state index contributed by atoms with van der Waals surface area (Å²) < 4.78 is 1.80. The predicted molar refractivity (Wildman–Crippen MR) is 107 cm³/mol. The van der Waals surface area contributed by atoms with Crippen LogP contribution in [-0.2, 0) is 22.6 Å². The third-order valence-corrected chi connectivity index (χ3v) is 5.59. The first-order valence-electron chi connectivity index (χ1n) is 9.18. The van der Waals surface area contributed by atoms with E-state index in [1.807, 2.05) is 41.9 Å². The Morgan fingerprint density at radius 1 is 1.29 bits per heavy atom. The van der Waals surface area contributed by atoms with Gasteiger partial charge in [0.25, 0.3) is 0 Å². The normalized spacial score (nSPS) is 13.9. The molecule has 0 bridgehead atoms. The van der Waals surface area contributed by atoms with E-state index in [-0.39, 0.29) is 18.2 Å². The molecular weight excluding hydrogens is 374 g/mol. The van der Waals surface area contributed by atoms with Crippen molar-refractivity contribution in [3.05, 3.63) is 59.4 Å². The molecule has 0 atom stereocenters. The van der Waals surface area contributed by atoms with Crippen LogP contribution >= 0.6 is 11.3 Å². The van der Waals surface area contributed by atoms with Crippen LogP contribution in [0, 0.1) is 0 Å². The fourth-order valence-corrected chi connectivity index (χ4v) is 4.04. The average Bonchev–Trinajstić information content (AvgIpc) is 3.43.